The molecular weight excluding hydrogens is 492 g/mol. The molecule has 2 atom stereocenters. The number of hydrogen-bond donors (Lipinski definition) is 0. The molecule has 1 saturated carbocycles. The van der Waals surface area contributed by atoms with Crippen molar-refractivity contribution >= 4 is 11.1 Å². The lowest BCUT2D eigenvalue weighted by Crippen LogP contribution is -2.21. The van der Waals surface area contributed by atoms with Crippen LogP contribution in [0.1, 0.15) is 94.0 Å². The monoisotopic (exact) mass is 538 g/mol. The zero-order chi connectivity index (χ0) is 29.3. The summed E-state index contributed by atoms with van der Waals surface area (Å²) >= 11 is 0. The minimum atomic E-state index is 0.278. The molecule has 2 aromatic carbocycles. The molecule has 0 aromatic heterocycles. The van der Waals surface area contributed by atoms with Crippen molar-refractivity contribution < 1.29 is 0 Å². The second-order valence-corrected chi connectivity index (χ2v) is 12.2. The van der Waals surface area contributed by atoms with Crippen molar-refractivity contribution in [2.24, 2.45) is 5.92 Å². The summed E-state index contributed by atoms with van der Waals surface area (Å²) in [5.74, 6) is 0.576. The molecular formula is C41H46. The topological polar surface area (TPSA) is 0 Å². The molecule has 3 aliphatic carbocycles. The lowest BCUT2D eigenvalue weighted by atomic mass is 9.69. The highest BCUT2D eigenvalue weighted by Gasteiger charge is 2.41. The molecule has 1 fully saturated rings. The molecule has 2 unspecified atom stereocenters. The SMILES string of the molecule is C=C(CCC)C1=C(C)C=C2C/C(=C\C3=CC=C(c4ccc(CC)cc4C(=C)C)C3)C(=C)C2C1c1ccc(CC)cc1. The highest BCUT2D eigenvalue weighted by atomic mass is 14.4. The van der Waals surface area contributed by atoms with Crippen molar-refractivity contribution in [3.63, 3.8) is 0 Å². The largest absolute Gasteiger partial charge is 0.0955 e. The number of allylic oxidation sites excluding steroid dienone is 13. The molecule has 2 aromatic rings. The van der Waals surface area contributed by atoms with Gasteiger partial charge in [0.25, 0.3) is 0 Å². The molecule has 0 heterocycles. The van der Waals surface area contributed by atoms with Gasteiger partial charge in [0.2, 0.25) is 0 Å². The molecule has 0 amide bonds. The number of hydrogen-bond acceptors (Lipinski definition) is 0. The van der Waals surface area contributed by atoms with E-state index in [-0.39, 0.29) is 5.92 Å². The van der Waals surface area contributed by atoms with E-state index in [9.17, 15) is 0 Å². The zero-order valence-corrected chi connectivity index (χ0v) is 25.9. The van der Waals surface area contributed by atoms with E-state index >= 15 is 0 Å². The number of benzene rings is 2. The van der Waals surface area contributed by atoms with Gasteiger partial charge in [-0.1, -0.05) is 130 Å². The normalized spacial score (nSPS) is 21.1. The fourth-order valence-electron chi connectivity index (χ4n) is 7.09. The lowest BCUT2D eigenvalue weighted by molar-refractivity contribution is 0.619. The van der Waals surface area contributed by atoms with Gasteiger partial charge in [0, 0.05) is 11.8 Å². The molecule has 210 valence electrons. The second kappa shape index (κ2) is 12.1. The van der Waals surface area contributed by atoms with E-state index in [0.717, 1.165) is 44.1 Å². The molecule has 0 radical (unpaired) electrons. The van der Waals surface area contributed by atoms with E-state index in [1.807, 2.05) is 0 Å². The Hall–Kier alpha value is -3.64. The van der Waals surface area contributed by atoms with Crippen LogP contribution in [0.5, 0.6) is 0 Å². The number of fused-ring (bicyclic) bond motifs is 1. The Bertz CT molecular complexity index is 1550. The predicted molar refractivity (Wildman–Crippen MR) is 180 cm³/mol. The highest BCUT2D eigenvalue weighted by Crippen LogP contribution is 2.55. The van der Waals surface area contributed by atoms with Crippen LogP contribution in [0, 0.1) is 5.92 Å². The van der Waals surface area contributed by atoms with E-state index in [0.29, 0.717) is 5.92 Å². The Balaban J connectivity index is 1.44. The first-order valence-corrected chi connectivity index (χ1v) is 15.5. The van der Waals surface area contributed by atoms with Gasteiger partial charge in [-0.2, -0.15) is 0 Å². The maximum Gasteiger partial charge on any atom is 0.0201 e. The summed E-state index contributed by atoms with van der Waals surface area (Å²) in [7, 11) is 0. The van der Waals surface area contributed by atoms with Crippen molar-refractivity contribution in [1.82, 2.24) is 0 Å². The summed E-state index contributed by atoms with van der Waals surface area (Å²) in [5, 5.41) is 0. The molecule has 0 saturated heterocycles. The summed E-state index contributed by atoms with van der Waals surface area (Å²) in [5.41, 5.74) is 18.9. The molecule has 3 aliphatic rings. The van der Waals surface area contributed by atoms with Gasteiger partial charge in [-0.25, -0.2) is 0 Å². The smallest absolute Gasteiger partial charge is 0.0201 e. The summed E-state index contributed by atoms with van der Waals surface area (Å²) in [6, 6.07) is 16.2. The Kier molecular flexibility index (Phi) is 8.50. The predicted octanol–water partition coefficient (Wildman–Crippen LogP) is 11.5. The molecule has 0 heteroatoms. The van der Waals surface area contributed by atoms with Crippen molar-refractivity contribution in [2.45, 2.75) is 79.1 Å². The molecule has 0 aliphatic heterocycles. The van der Waals surface area contributed by atoms with E-state index < -0.39 is 0 Å². The first kappa shape index (κ1) is 28.9. The van der Waals surface area contributed by atoms with E-state index in [1.165, 1.54) is 72.4 Å². The Morgan fingerprint density at radius 1 is 0.902 bits per heavy atom. The minimum absolute atomic E-state index is 0.278. The van der Waals surface area contributed by atoms with Crippen LogP contribution in [0.25, 0.3) is 11.1 Å². The average Bonchev–Trinajstić information content (AvgIpc) is 3.56. The first-order chi connectivity index (χ1) is 19.7. The van der Waals surface area contributed by atoms with Crippen LogP contribution in [0.15, 0.2) is 126 Å². The fourth-order valence-corrected chi connectivity index (χ4v) is 7.09. The third kappa shape index (κ3) is 5.62. The maximum absolute atomic E-state index is 4.75. The van der Waals surface area contributed by atoms with Gasteiger partial charge in [-0.15, -0.1) is 0 Å². The fraction of sp³-hybridized carbons (Fsp3) is 0.317. The Morgan fingerprint density at radius 2 is 1.61 bits per heavy atom. The summed E-state index contributed by atoms with van der Waals surface area (Å²) < 4.78 is 0. The van der Waals surface area contributed by atoms with Crippen LogP contribution < -0.4 is 0 Å². The van der Waals surface area contributed by atoms with Crippen LogP contribution in [0.3, 0.4) is 0 Å². The van der Waals surface area contributed by atoms with Gasteiger partial charge >= 0.3 is 0 Å². The molecule has 0 spiro atoms. The standard InChI is InChI=1S/C41H46/c1-9-12-27(6)39-28(7)21-36-25-35(29(8)40(36)41(39)33-17-13-30(10-2)14-18-33)23-32-15-19-34(22-32)37-20-16-31(11-3)24-38(37)26(4)5/h13-21,23-24,40-41H,4,6,8-12,22,25H2,1-3,5,7H3/b35-23+. The first-order valence-electron chi connectivity index (χ1n) is 15.5. The van der Waals surface area contributed by atoms with Gasteiger partial charge in [0.1, 0.15) is 0 Å². The third-order valence-electron chi connectivity index (χ3n) is 9.28. The summed E-state index contributed by atoms with van der Waals surface area (Å²) in [4.78, 5) is 0. The lowest BCUT2D eigenvalue weighted by Gasteiger charge is -2.34. The van der Waals surface area contributed by atoms with Crippen LogP contribution in [0.2, 0.25) is 0 Å². The quantitative estimate of drug-likeness (QED) is 0.298. The van der Waals surface area contributed by atoms with Crippen molar-refractivity contribution in [1.29, 1.82) is 0 Å². The average molecular weight is 539 g/mol. The van der Waals surface area contributed by atoms with Gasteiger partial charge in [0.05, 0.1) is 0 Å². The third-order valence-corrected chi connectivity index (χ3v) is 9.28. The van der Waals surface area contributed by atoms with Crippen molar-refractivity contribution in [3.8, 4) is 0 Å². The maximum atomic E-state index is 4.75. The second-order valence-electron chi connectivity index (χ2n) is 12.2. The zero-order valence-electron chi connectivity index (χ0n) is 25.9. The number of rotatable bonds is 9. The van der Waals surface area contributed by atoms with Gasteiger partial charge < -0.3 is 0 Å². The molecule has 0 N–H and O–H groups in total. The van der Waals surface area contributed by atoms with E-state index in [1.54, 1.807) is 0 Å². The highest BCUT2D eigenvalue weighted by molar-refractivity contribution is 5.82. The van der Waals surface area contributed by atoms with Crippen LogP contribution in [-0.2, 0) is 12.8 Å². The number of aryl methyl sites for hydroxylation is 2. The van der Waals surface area contributed by atoms with E-state index in [2.05, 4.69) is 115 Å². The summed E-state index contributed by atoms with van der Waals surface area (Å²) in [6.45, 7) is 24.7. The molecule has 5 rings (SSSR count). The van der Waals surface area contributed by atoms with E-state index in [4.69, 9.17) is 6.58 Å². The van der Waals surface area contributed by atoms with Gasteiger partial charge in [-0.05, 0) is 107 Å². The molecule has 0 bridgehead atoms. The molecule has 41 heavy (non-hydrogen) atoms. The van der Waals surface area contributed by atoms with Gasteiger partial charge in [-0.3, -0.25) is 0 Å². The Morgan fingerprint density at radius 3 is 2.27 bits per heavy atom. The van der Waals surface area contributed by atoms with Crippen LogP contribution in [-0.4, -0.2) is 0 Å². The Labute approximate surface area is 249 Å². The van der Waals surface area contributed by atoms with Gasteiger partial charge in [0.15, 0.2) is 0 Å². The molecule has 0 nitrogen and oxygen atoms in total. The minimum Gasteiger partial charge on any atom is -0.0955 e. The van der Waals surface area contributed by atoms with Crippen LogP contribution >= 0.6 is 0 Å². The van der Waals surface area contributed by atoms with Crippen molar-refractivity contribution in [2.75, 3.05) is 0 Å². The van der Waals surface area contributed by atoms with Crippen molar-refractivity contribution in [3.05, 3.63) is 153 Å². The van der Waals surface area contributed by atoms with Crippen LogP contribution in [0.4, 0.5) is 0 Å². The summed E-state index contributed by atoms with van der Waals surface area (Å²) in [6.07, 6.45) is 15.7.